The summed E-state index contributed by atoms with van der Waals surface area (Å²) in [5, 5.41) is 18.9. The second-order valence-corrected chi connectivity index (χ2v) is 3.06. The van der Waals surface area contributed by atoms with Crippen LogP contribution in [0.2, 0.25) is 0 Å². The molecule has 0 aliphatic rings. The SMILES string of the molecule is Nc1cc([N+](=O)[O-])nc(CC(=O)O)c1C(F)F. The molecule has 0 bridgehead atoms. The van der Waals surface area contributed by atoms with Gasteiger partial charge in [-0.1, -0.05) is 0 Å². The first-order valence-corrected chi connectivity index (χ1v) is 4.26. The quantitative estimate of drug-likeness (QED) is 0.608. The topological polar surface area (TPSA) is 119 Å². The van der Waals surface area contributed by atoms with Crippen molar-refractivity contribution in [3.8, 4) is 0 Å². The molecule has 0 fully saturated rings. The van der Waals surface area contributed by atoms with Crippen LogP contribution in [0, 0.1) is 10.1 Å². The molecule has 0 radical (unpaired) electrons. The highest BCUT2D eigenvalue weighted by molar-refractivity contribution is 5.71. The summed E-state index contributed by atoms with van der Waals surface area (Å²) in [6.07, 6.45) is -3.90. The van der Waals surface area contributed by atoms with E-state index >= 15 is 0 Å². The third-order valence-corrected chi connectivity index (χ3v) is 1.88. The number of carbonyl (C=O) groups is 1. The van der Waals surface area contributed by atoms with Gasteiger partial charge in [-0.25, -0.2) is 8.78 Å². The van der Waals surface area contributed by atoms with Crippen molar-refractivity contribution in [2.24, 2.45) is 0 Å². The molecule has 0 atom stereocenters. The Morgan fingerprint density at radius 2 is 2.24 bits per heavy atom. The fraction of sp³-hybridized carbons (Fsp3) is 0.250. The fourth-order valence-electron chi connectivity index (χ4n) is 1.24. The summed E-state index contributed by atoms with van der Waals surface area (Å²) in [5.41, 5.74) is 3.30. The van der Waals surface area contributed by atoms with E-state index in [4.69, 9.17) is 10.8 Å². The molecule has 3 N–H and O–H groups in total. The van der Waals surface area contributed by atoms with Crippen molar-refractivity contribution >= 4 is 17.5 Å². The van der Waals surface area contributed by atoms with Crippen LogP contribution in [0.3, 0.4) is 0 Å². The Morgan fingerprint density at radius 3 is 2.65 bits per heavy atom. The Hall–Kier alpha value is -2.32. The van der Waals surface area contributed by atoms with E-state index in [1.54, 1.807) is 0 Å². The predicted molar refractivity (Wildman–Crippen MR) is 51.6 cm³/mol. The fourth-order valence-corrected chi connectivity index (χ4v) is 1.24. The van der Waals surface area contributed by atoms with Crippen LogP contribution in [-0.4, -0.2) is 21.0 Å². The van der Waals surface area contributed by atoms with E-state index in [1.165, 1.54) is 0 Å². The number of halogens is 2. The Kier molecular flexibility index (Phi) is 3.51. The molecule has 0 aliphatic heterocycles. The minimum atomic E-state index is -3.04. The molecule has 0 aromatic carbocycles. The zero-order valence-electron chi connectivity index (χ0n) is 8.26. The van der Waals surface area contributed by atoms with Crippen LogP contribution in [0.25, 0.3) is 0 Å². The first kappa shape index (κ1) is 12.7. The molecule has 1 aromatic rings. The molecule has 9 heteroatoms. The highest BCUT2D eigenvalue weighted by atomic mass is 19.3. The second-order valence-electron chi connectivity index (χ2n) is 3.06. The molecule has 1 aromatic heterocycles. The maximum Gasteiger partial charge on any atom is 0.365 e. The smallest absolute Gasteiger partial charge is 0.365 e. The van der Waals surface area contributed by atoms with Crippen LogP contribution in [-0.2, 0) is 11.2 Å². The van der Waals surface area contributed by atoms with Crippen molar-refractivity contribution in [2.45, 2.75) is 12.8 Å². The number of rotatable bonds is 4. The van der Waals surface area contributed by atoms with Gasteiger partial charge in [0.15, 0.2) is 5.69 Å². The Morgan fingerprint density at radius 1 is 1.65 bits per heavy atom. The van der Waals surface area contributed by atoms with E-state index in [2.05, 4.69) is 4.98 Å². The van der Waals surface area contributed by atoms with Crippen LogP contribution in [0.15, 0.2) is 6.07 Å². The molecule has 1 heterocycles. The van der Waals surface area contributed by atoms with E-state index in [9.17, 15) is 23.7 Å². The molecule has 1 rings (SSSR count). The zero-order chi connectivity index (χ0) is 13.2. The average Bonchev–Trinajstić information content (AvgIpc) is 2.14. The van der Waals surface area contributed by atoms with E-state index in [0.717, 1.165) is 0 Å². The largest absolute Gasteiger partial charge is 0.481 e. The van der Waals surface area contributed by atoms with Crippen molar-refractivity contribution in [1.82, 2.24) is 4.98 Å². The lowest BCUT2D eigenvalue weighted by Crippen LogP contribution is -2.10. The van der Waals surface area contributed by atoms with Crippen molar-refractivity contribution < 1.29 is 23.6 Å². The summed E-state index contributed by atoms with van der Waals surface area (Å²) < 4.78 is 25.2. The number of carboxylic acid groups (broad SMARTS) is 1. The number of nitrogens with zero attached hydrogens (tertiary/aromatic N) is 2. The van der Waals surface area contributed by atoms with Gasteiger partial charge in [-0.2, -0.15) is 0 Å². The number of nitro groups is 1. The minimum absolute atomic E-state index is 0.544. The van der Waals surface area contributed by atoms with Crippen LogP contribution in [0.1, 0.15) is 17.7 Å². The number of aromatic nitrogens is 1. The molecular formula is C8H7F2N3O4. The summed E-state index contributed by atoms with van der Waals surface area (Å²) in [6, 6.07) is 0.673. The molecule has 0 saturated carbocycles. The molecule has 7 nitrogen and oxygen atoms in total. The number of carboxylic acids is 1. The number of hydrogen-bond donors (Lipinski definition) is 2. The lowest BCUT2D eigenvalue weighted by atomic mass is 10.1. The number of alkyl halides is 2. The number of nitrogen functional groups attached to an aromatic ring is 1. The van der Waals surface area contributed by atoms with E-state index in [-0.39, 0.29) is 0 Å². The van der Waals surface area contributed by atoms with Gasteiger partial charge in [0.1, 0.15) is 6.42 Å². The first-order valence-electron chi connectivity index (χ1n) is 4.26. The lowest BCUT2D eigenvalue weighted by molar-refractivity contribution is -0.389. The van der Waals surface area contributed by atoms with Crippen molar-refractivity contribution in [1.29, 1.82) is 0 Å². The van der Waals surface area contributed by atoms with E-state index < -0.39 is 46.5 Å². The van der Waals surface area contributed by atoms with Crippen LogP contribution in [0.4, 0.5) is 20.3 Å². The van der Waals surface area contributed by atoms with Crippen LogP contribution < -0.4 is 5.73 Å². The first-order chi connectivity index (χ1) is 7.82. The number of nitrogens with two attached hydrogens (primary N) is 1. The standard InChI is InChI=1S/C8H7F2N3O4/c9-8(10)7-3(11)1-5(13(16)17)12-4(7)2-6(14)15/h1,8H,2H2,(H2,11,12)(H,14,15). The molecule has 0 amide bonds. The predicted octanol–water partition coefficient (Wildman–Crippen LogP) is 1.14. The lowest BCUT2D eigenvalue weighted by Gasteiger charge is -2.06. The minimum Gasteiger partial charge on any atom is -0.481 e. The van der Waals surface area contributed by atoms with Crippen LogP contribution in [0.5, 0.6) is 0 Å². The van der Waals surface area contributed by atoms with E-state index in [0.29, 0.717) is 6.07 Å². The van der Waals surface area contributed by atoms with Gasteiger partial charge >= 0.3 is 11.8 Å². The Labute approximate surface area is 93.0 Å². The summed E-state index contributed by atoms with van der Waals surface area (Å²) in [5.74, 6) is -2.19. The highest BCUT2D eigenvalue weighted by Gasteiger charge is 2.26. The van der Waals surface area contributed by atoms with Gasteiger partial charge in [0.05, 0.1) is 17.3 Å². The molecule has 0 spiro atoms. The van der Waals surface area contributed by atoms with Crippen molar-refractivity contribution in [2.75, 3.05) is 5.73 Å². The van der Waals surface area contributed by atoms with Gasteiger partial charge in [0, 0.05) is 0 Å². The van der Waals surface area contributed by atoms with Crippen molar-refractivity contribution in [3.05, 3.63) is 27.4 Å². The molecule has 0 unspecified atom stereocenters. The second kappa shape index (κ2) is 4.68. The Balaban J connectivity index is 3.38. The maximum atomic E-state index is 12.6. The molecule has 0 saturated heterocycles. The van der Waals surface area contributed by atoms with Gasteiger partial charge in [0.2, 0.25) is 0 Å². The molecule has 17 heavy (non-hydrogen) atoms. The summed E-state index contributed by atoms with van der Waals surface area (Å²) in [4.78, 5) is 23.2. The Bertz CT molecular complexity index is 478. The number of anilines is 1. The summed E-state index contributed by atoms with van der Waals surface area (Å²) >= 11 is 0. The highest BCUT2D eigenvalue weighted by Crippen LogP contribution is 2.30. The molecule has 92 valence electrons. The zero-order valence-corrected chi connectivity index (χ0v) is 8.26. The van der Waals surface area contributed by atoms with Gasteiger partial charge in [-0.15, -0.1) is 0 Å². The average molecular weight is 247 g/mol. The van der Waals surface area contributed by atoms with Gasteiger partial charge in [0.25, 0.3) is 6.43 Å². The normalized spacial score (nSPS) is 10.5. The van der Waals surface area contributed by atoms with Crippen molar-refractivity contribution in [3.63, 3.8) is 0 Å². The summed E-state index contributed by atoms with van der Waals surface area (Å²) in [6.45, 7) is 0. The maximum absolute atomic E-state index is 12.6. The van der Waals surface area contributed by atoms with Gasteiger partial charge in [-0.05, 0) is 9.91 Å². The molecule has 0 aliphatic carbocycles. The monoisotopic (exact) mass is 247 g/mol. The van der Waals surface area contributed by atoms with Gasteiger partial charge < -0.3 is 21.0 Å². The third kappa shape index (κ3) is 2.83. The summed E-state index contributed by atoms with van der Waals surface area (Å²) in [7, 11) is 0. The number of hydrogen-bond acceptors (Lipinski definition) is 5. The van der Waals surface area contributed by atoms with E-state index in [1.807, 2.05) is 0 Å². The number of pyridine rings is 1. The number of aliphatic carboxylic acids is 1. The third-order valence-electron chi connectivity index (χ3n) is 1.88. The van der Waals surface area contributed by atoms with Gasteiger partial charge in [-0.3, -0.25) is 4.79 Å². The van der Waals surface area contributed by atoms with Crippen LogP contribution >= 0.6 is 0 Å². The molecular weight excluding hydrogens is 240 g/mol.